The highest BCUT2D eigenvalue weighted by Crippen LogP contribution is 2.43. The fourth-order valence-corrected chi connectivity index (χ4v) is 6.09. The number of aliphatic hydroxyl groups is 1. The normalized spacial score (nSPS) is 14.6. The molecule has 0 aromatic heterocycles. The van der Waals surface area contributed by atoms with Crippen LogP contribution in [0.5, 0.6) is 0 Å². The molecule has 0 aromatic carbocycles. The first-order chi connectivity index (χ1) is 28.1. The minimum Gasteiger partial charge on any atom is -0.480 e. The van der Waals surface area contributed by atoms with Gasteiger partial charge in [-0.2, -0.15) is 0 Å². The zero-order valence-electron chi connectivity index (χ0n) is 35.6. The van der Waals surface area contributed by atoms with Gasteiger partial charge in [0.1, 0.15) is 12.7 Å². The highest BCUT2D eigenvalue weighted by atomic mass is 31.2. The summed E-state index contributed by atoms with van der Waals surface area (Å²) < 4.78 is 26.8. The third-order valence-corrected chi connectivity index (χ3v) is 9.60. The number of ether oxygens (including phenoxy) is 1. The summed E-state index contributed by atoms with van der Waals surface area (Å²) in [4.78, 5) is 45.9. The number of aliphatic hydroxyl groups excluding tert-OH is 1. The van der Waals surface area contributed by atoms with Crippen LogP contribution in [0.1, 0.15) is 155 Å². The molecule has 58 heavy (non-hydrogen) atoms. The van der Waals surface area contributed by atoms with E-state index in [9.17, 15) is 34.1 Å². The first-order valence-corrected chi connectivity index (χ1v) is 23.1. The van der Waals surface area contributed by atoms with Crippen molar-refractivity contribution in [1.29, 1.82) is 0 Å². The van der Waals surface area contributed by atoms with Gasteiger partial charge < -0.3 is 25.2 Å². The fraction of sp³-hybridized carbons (Fsp3) is 0.630. The molecule has 0 aliphatic carbocycles. The predicted molar refractivity (Wildman–Crippen MR) is 235 cm³/mol. The van der Waals surface area contributed by atoms with Gasteiger partial charge in [-0.1, -0.05) is 144 Å². The molecule has 0 heterocycles. The molecule has 0 spiro atoms. The van der Waals surface area contributed by atoms with Gasteiger partial charge in [-0.15, -0.1) is 0 Å². The molecule has 0 saturated carbocycles. The van der Waals surface area contributed by atoms with E-state index in [4.69, 9.17) is 13.8 Å². The second-order valence-electron chi connectivity index (χ2n) is 14.1. The summed E-state index contributed by atoms with van der Waals surface area (Å²) in [6, 6.07) is -1.56. The minimum absolute atomic E-state index is 0.123. The molecule has 3 unspecified atom stereocenters. The Hall–Kier alpha value is -3.34. The Labute approximate surface area is 350 Å². The van der Waals surface area contributed by atoms with Crippen LogP contribution in [-0.2, 0) is 32.7 Å². The smallest absolute Gasteiger partial charge is 0.472 e. The maximum absolute atomic E-state index is 12.3. The van der Waals surface area contributed by atoms with Crippen molar-refractivity contribution in [2.24, 2.45) is 0 Å². The van der Waals surface area contributed by atoms with E-state index in [0.29, 0.717) is 12.8 Å². The Balaban J connectivity index is 3.95. The first kappa shape index (κ1) is 54.7. The monoisotopic (exact) mass is 834 g/mol. The number of carbonyl (C=O) groups is 3. The lowest BCUT2D eigenvalue weighted by atomic mass is 10.1. The number of hydrogen-bond donors (Lipinski definition) is 4. The van der Waals surface area contributed by atoms with Gasteiger partial charge >= 0.3 is 19.8 Å². The number of carboxylic acid groups (broad SMARTS) is 1. The van der Waals surface area contributed by atoms with Gasteiger partial charge in [0.2, 0.25) is 5.91 Å². The number of allylic oxidation sites excluding steroid dienone is 14. The summed E-state index contributed by atoms with van der Waals surface area (Å²) in [5.74, 6) is -2.43. The molecule has 0 fully saturated rings. The van der Waals surface area contributed by atoms with Gasteiger partial charge in [0.15, 0.2) is 6.04 Å². The van der Waals surface area contributed by atoms with Gasteiger partial charge in [0.25, 0.3) is 0 Å². The van der Waals surface area contributed by atoms with Gasteiger partial charge in [-0.3, -0.25) is 18.6 Å². The van der Waals surface area contributed by atoms with Gasteiger partial charge in [0.05, 0.1) is 13.2 Å². The second-order valence-corrected chi connectivity index (χ2v) is 15.6. The molecule has 330 valence electrons. The molecule has 0 aromatic rings. The van der Waals surface area contributed by atoms with Gasteiger partial charge in [-0.05, 0) is 83.5 Å². The Morgan fingerprint density at radius 1 is 0.569 bits per heavy atom. The maximum atomic E-state index is 12.3. The minimum atomic E-state index is -4.77. The van der Waals surface area contributed by atoms with E-state index in [1.54, 1.807) is 0 Å². The lowest BCUT2D eigenvalue weighted by Crippen LogP contribution is -2.43. The topological polar surface area (TPSA) is 169 Å². The van der Waals surface area contributed by atoms with Crippen molar-refractivity contribution < 1.29 is 47.8 Å². The summed E-state index contributed by atoms with van der Waals surface area (Å²) in [7, 11) is -4.77. The molecular formula is C46H76NO10P. The Bertz CT molecular complexity index is 1300. The number of unbranched alkanes of at least 4 members (excludes halogenated alkanes) is 11. The van der Waals surface area contributed by atoms with Crippen LogP contribution >= 0.6 is 7.82 Å². The van der Waals surface area contributed by atoms with Crippen molar-refractivity contribution in [3.05, 3.63) is 85.1 Å². The first-order valence-electron chi connectivity index (χ1n) is 21.6. The van der Waals surface area contributed by atoms with Crippen molar-refractivity contribution in [2.45, 2.75) is 167 Å². The Kier molecular flexibility index (Phi) is 38.1. The summed E-state index contributed by atoms with van der Waals surface area (Å²) in [5.41, 5.74) is 0. The number of phosphoric acid groups is 1. The van der Waals surface area contributed by atoms with E-state index in [0.717, 1.165) is 116 Å². The van der Waals surface area contributed by atoms with E-state index in [1.807, 2.05) is 0 Å². The highest BCUT2D eigenvalue weighted by molar-refractivity contribution is 7.47. The third kappa shape index (κ3) is 39.5. The van der Waals surface area contributed by atoms with Gasteiger partial charge in [-0.25, -0.2) is 9.36 Å². The van der Waals surface area contributed by atoms with E-state index < -0.39 is 57.6 Å². The summed E-state index contributed by atoms with van der Waals surface area (Å²) in [5, 5.41) is 21.8. The molecule has 0 aliphatic heterocycles. The maximum Gasteiger partial charge on any atom is 0.472 e. The number of carboxylic acids is 1. The summed E-state index contributed by atoms with van der Waals surface area (Å²) in [6.45, 7) is 2.36. The quantitative estimate of drug-likeness (QED) is 0.0202. The molecule has 0 saturated heterocycles. The zero-order valence-corrected chi connectivity index (χ0v) is 36.5. The molecule has 0 rings (SSSR count). The summed E-state index contributed by atoms with van der Waals surface area (Å²) in [6.07, 6.45) is 48.9. The molecule has 4 N–H and O–H groups in total. The van der Waals surface area contributed by atoms with Crippen LogP contribution in [0.4, 0.5) is 0 Å². The van der Waals surface area contributed by atoms with Crippen molar-refractivity contribution >= 4 is 25.7 Å². The number of rotatable bonds is 39. The number of aliphatic carboxylic acids is 1. The fourth-order valence-electron chi connectivity index (χ4n) is 5.32. The number of esters is 1. The van der Waals surface area contributed by atoms with Crippen molar-refractivity contribution in [3.8, 4) is 0 Å². The molecule has 0 aliphatic rings. The van der Waals surface area contributed by atoms with E-state index in [-0.39, 0.29) is 12.8 Å². The van der Waals surface area contributed by atoms with Crippen LogP contribution in [-0.4, -0.2) is 64.9 Å². The second kappa shape index (κ2) is 40.4. The van der Waals surface area contributed by atoms with Crippen LogP contribution in [0.25, 0.3) is 0 Å². The molecular weight excluding hydrogens is 757 g/mol. The standard InChI is InChI=1S/C46H76NO10P/c1-3-5-7-9-11-13-15-17-18-19-20-21-22-23-24-26-28-30-32-34-36-38-45(50)55-39-42(48)40-56-58(53,54)57-41-43(46(51)52)47-44(49)37-35-33-31-29-27-25-16-14-12-10-8-6-4-2/h5,7-8,10-11,13-14,16-18,20-21,23-24,42-43,48H,3-4,6,9,12,15,19,22,25-41H2,1-2H3,(H,47,49)(H,51,52)(H,53,54)/b7-5-,10-8-,13-11-,16-14-,18-17-,21-20-,24-23-. The van der Waals surface area contributed by atoms with Crippen molar-refractivity contribution in [2.75, 3.05) is 19.8 Å². The lowest BCUT2D eigenvalue weighted by molar-refractivity contribution is -0.147. The number of phosphoric ester groups is 1. The number of hydrogen-bond acceptors (Lipinski definition) is 8. The van der Waals surface area contributed by atoms with Gasteiger partial charge in [0, 0.05) is 12.8 Å². The Morgan fingerprint density at radius 2 is 1.00 bits per heavy atom. The largest absolute Gasteiger partial charge is 0.480 e. The third-order valence-electron chi connectivity index (χ3n) is 8.65. The number of carbonyl (C=O) groups excluding carboxylic acids is 2. The average Bonchev–Trinajstić information content (AvgIpc) is 3.20. The molecule has 0 bridgehead atoms. The number of nitrogens with one attached hydrogen (secondary N) is 1. The van der Waals surface area contributed by atoms with Crippen LogP contribution in [0.15, 0.2) is 85.1 Å². The van der Waals surface area contributed by atoms with E-state index in [1.165, 1.54) is 0 Å². The lowest BCUT2D eigenvalue weighted by Gasteiger charge is -2.18. The SMILES string of the molecule is CC/C=C\C/C=C\C/C=C\C/C=C\C/C=C\CCCCCCCC(=O)OCC(O)COP(=O)(O)OCC(NC(=O)CCCCCCC/C=C\C/C=C\CCC)C(=O)O. The van der Waals surface area contributed by atoms with Crippen LogP contribution in [0.2, 0.25) is 0 Å². The Morgan fingerprint density at radius 3 is 1.50 bits per heavy atom. The highest BCUT2D eigenvalue weighted by Gasteiger charge is 2.28. The van der Waals surface area contributed by atoms with Crippen molar-refractivity contribution in [3.63, 3.8) is 0 Å². The molecule has 3 atom stereocenters. The van der Waals surface area contributed by atoms with E-state index >= 15 is 0 Å². The van der Waals surface area contributed by atoms with Crippen LogP contribution in [0, 0.1) is 0 Å². The molecule has 0 radical (unpaired) electrons. The summed E-state index contributed by atoms with van der Waals surface area (Å²) >= 11 is 0. The molecule has 12 heteroatoms. The molecule has 11 nitrogen and oxygen atoms in total. The van der Waals surface area contributed by atoms with Crippen LogP contribution < -0.4 is 5.32 Å². The zero-order chi connectivity index (χ0) is 42.8. The van der Waals surface area contributed by atoms with Crippen LogP contribution in [0.3, 0.4) is 0 Å². The van der Waals surface area contributed by atoms with Crippen molar-refractivity contribution in [1.82, 2.24) is 5.32 Å². The molecule has 1 amide bonds. The number of amides is 1. The predicted octanol–water partition coefficient (Wildman–Crippen LogP) is 11.1. The average molecular weight is 834 g/mol. The van der Waals surface area contributed by atoms with E-state index in [2.05, 4.69) is 104 Å².